The number of nitrogens with one attached hydrogen (secondary N) is 1. The predicted molar refractivity (Wildman–Crippen MR) is 88.2 cm³/mol. The number of amides is 1. The summed E-state index contributed by atoms with van der Waals surface area (Å²) in [4.78, 5) is 12.6. The van der Waals surface area contributed by atoms with Crippen molar-refractivity contribution in [2.24, 2.45) is 0 Å². The molecular formula is C15H16ClN3O4S. The summed E-state index contributed by atoms with van der Waals surface area (Å²) in [6.45, 7) is 2.00. The highest BCUT2D eigenvalue weighted by molar-refractivity contribution is 7.89. The molecule has 0 aliphatic carbocycles. The number of sulfonamides is 1. The lowest BCUT2D eigenvalue weighted by molar-refractivity contribution is -0.119. The molecule has 1 atom stereocenters. The molecule has 0 unspecified atom stereocenters. The van der Waals surface area contributed by atoms with Gasteiger partial charge in [-0.15, -0.1) is 0 Å². The summed E-state index contributed by atoms with van der Waals surface area (Å²) in [5, 5.41) is 6.74. The maximum atomic E-state index is 12.8. The van der Waals surface area contributed by atoms with Gasteiger partial charge < -0.3 is 9.84 Å². The summed E-state index contributed by atoms with van der Waals surface area (Å²) in [7, 11) is -3.77. The van der Waals surface area contributed by atoms with Crippen LogP contribution in [0.1, 0.15) is 18.6 Å². The lowest BCUT2D eigenvalue weighted by Gasteiger charge is -2.23. The van der Waals surface area contributed by atoms with Crippen LogP contribution in [0.5, 0.6) is 0 Å². The summed E-state index contributed by atoms with van der Waals surface area (Å²) in [5.41, 5.74) is 0. The van der Waals surface area contributed by atoms with Crippen LogP contribution in [0.4, 0.5) is 5.82 Å². The first-order valence-electron chi connectivity index (χ1n) is 7.39. The molecule has 0 saturated carbocycles. The van der Waals surface area contributed by atoms with Crippen LogP contribution in [0.25, 0.3) is 0 Å². The van der Waals surface area contributed by atoms with Crippen LogP contribution >= 0.6 is 11.6 Å². The molecule has 9 heteroatoms. The molecule has 1 aromatic heterocycles. The summed E-state index contributed by atoms with van der Waals surface area (Å²) in [6, 6.07) is 6.70. The molecule has 0 bridgehead atoms. The molecule has 3 rings (SSSR count). The second-order valence-electron chi connectivity index (χ2n) is 5.54. The zero-order chi connectivity index (χ0) is 17.3. The SMILES string of the molecule is Cc1cc(NC(=O)[C@@H]2CCCN2S(=O)(=O)c2ccc(Cl)cc2)no1. The van der Waals surface area contributed by atoms with Crippen LogP contribution in [0.15, 0.2) is 39.8 Å². The van der Waals surface area contributed by atoms with Gasteiger partial charge >= 0.3 is 0 Å². The number of carbonyl (C=O) groups is 1. The van der Waals surface area contributed by atoms with Gasteiger partial charge in [0.05, 0.1) is 4.90 Å². The van der Waals surface area contributed by atoms with Crippen molar-refractivity contribution < 1.29 is 17.7 Å². The van der Waals surface area contributed by atoms with Gasteiger partial charge in [0, 0.05) is 17.6 Å². The van der Waals surface area contributed by atoms with Crippen molar-refractivity contribution in [3.05, 3.63) is 41.1 Å². The van der Waals surface area contributed by atoms with Crippen LogP contribution in [-0.4, -0.2) is 36.4 Å². The fourth-order valence-electron chi connectivity index (χ4n) is 2.67. The second-order valence-corrected chi connectivity index (χ2v) is 7.87. The molecule has 1 aliphatic heterocycles. The number of benzene rings is 1. The van der Waals surface area contributed by atoms with Crippen molar-refractivity contribution in [2.45, 2.75) is 30.7 Å². The van der Waals surface area contributed by atoms with Gasteiger partial charge in [0.25, 0.3) is 0 Å². The first-order valence-corrected chi connectivity index (χ1v) is 9.21. The molecule has 128 valence electrons. The summed E-state index contributed by atoms with van der Waals surface area (Å²) < 4.78 is 31.7. The quantitative estimate of drug-likeness (QED) is 0.893. The maximum absolute atomic E-state index is 12.8. The molecule has 0 spiro atoms. The van der Waals surface area contributed by atoms with E-state index in [0.717, 1.165) is 0 Å². The van der Waals surface area contributed by atoms with E-state index in [-0.39, 0.29) is 10.7 Å². The monoisotopic (exact) mass is 369 g/mol. The molecule has 24 heavy (non-hydrogen) atoms. The van der Waals surface area contributed by atoms with Crippen LogP contribution in [0, 0.1) is 6.92 Å². The molecule has 1 amide bonds. The second kappa shape index (κ2) is 6.54. The molecule has 2 aromatic rings. The van der Waals surface area contributed by atoms with E-state index >= 15 is 0 Å². The Labute approximate surface area is 144 Å². The van der Waals surface area contributed by atoms with E-state index in [0.29, 0.717) is 30.2 Å². The molecule has 1 aromatic carbocycles. The fourth-order valence-corrected chi connectivity index (χ4v) is 4.45. The van der Waals surface area contributed by atoms with Gasteiger partial charge in [-0.3, -0.25) is 4.79 Å². The predicted octanol–water partition coefficient (Wildman–Crippen LogP) is 2.43. The third-order valence-corrected chi connectivity index (χ3v) is 5.98. The Bertz CT molecular complexity index is 848. The van der Waals surface area contributed by atoms with Crippen molar-refractivity contribution >= 4 is 33.3 Å². The number of hydrogen-bond acceptors (Lipinski definition) is 5. The minimum Gasteiger partial charge on any atom is -0.360 e. The standard InChI is InChI=1S/C15H16ClN3O4S/c1-10-9-14(18-23-10)17-15(20)13-3-2-8-19(13)24(21,22)12-6-4-11(16)5-7-12/h4-7,9,13H,2-3,8H2,1H3,(H,17,18,20)/t13-/m0/s1. The highest BCUT2D eigenvalue weighted by Crippen LogP contribution is 2.27. The molecule has 1 saturated heterocycles. The van der Waals surface area contributed by atoms with Crippen molar-refractivity contribution in [3.63, 3.8) is 0 Å². The smallest absolute Gasteiger partial charge is 0.244 e. The average Bonchev–Trinajstić information content (AvgIpc) is 3.17. The Morgan fingerprint density at radius 3 is 2.71 bits per heavy atom. The molecule has 1 N–H and O–H groups in total. The Hall–Kier alpha value is -1.90. The first-order chi connectivity index (χ1) is 11.4. The Balaban J connectivity index is 1.81. The van der Waals surface area contributed by atoms with Crippen molar-refractivity contribution in [1.29, 1.82) is 0 Å². The summed E-state index contributed by atoms with van der Waals surface area (Å²) >= 11 is 5.80. The third kappa shape index (κ3) is 3.31. The van der Waals surface area contributed by atoms with E-state index in [2.05, 4.69) is 10.5 Å². The van der Waals surface area contributed by atoms with Gasteiger partial charge in [-0.05, 0) is 44.0 Å². The Morgan fingerprint density at radius 1 is 1.38 bits per heavy atom. The van der Waals surface area contributed by atoms with Crippen LogP contribution in [0.2, 0.25) is 5.02 Å². The number of carbonyl (C=O) groups excluding carboxylic acids is 1. The molecule has 2 heterocycles. The lowest BCUT2D eigenvalue weighted by atomic mass is 10.2. The Morgan fingerprint density at radius 2 is 2.08 bits per heavy atom. The minimum atomic E-state index is -3.77. The number of nitrogens with zero attached hydrogens (tertiary/aromatic N) is 2. The minimum absolute atomic E-state index is 0.115. The highest BCUT2D eigenvalue weighted by atomic mass is 35.5. The molecule has 1 fully saturated rings. The molecular weight excluding hydrogens is 354 g/mol. The van der Waals surface area contributed by atoms with Gasteiger partial charge in [0.15, 0.2) is 5.82 Å². The number of anilines is 1. The Kier molecular flexibility index (Phi) is 4.62. The first kappa shape index (κ1) is 16.9. The van der Waals surface area contributed by atoms with E-state index in [9.17, 15) is 13.2 Å². The van der Waals surface area contributed by atoms with E-state index < -0.39 is 22.0 Å². The third-order valence-electron chi connectivity index (χ3n) is 3.81. The number of halogens is 1. The van der Waals surface area contributed by atoms with E-state index in [1.807, 2.05) is 0 Å². The van der Waals surface area contributed by atoms with Crippen molar-refractivity contribution in [2.75, 3.05) is 11.9 Å². The molecule has 0 radical (unpaired) electrons. The zero-order valence-electron chi connectivity index (χ0n) is 12.9. The summed E-state index contributed by atoms with van der Waals surface area (Å²) in [5.74, 6) is 0.411. The van der Waals surface area contributed by atoms with Crippen LogP contribution in [-0.2, 0) is 14.8 Å². The van der Waals surface area contributed by atoms with Gasteiger partial charge in [-0.1, -0.05) is 16.8 Å². The number of rotatable bonds is 4. The van der Waals surface area contributed by atoms with Gasteiger partial charge in [-0.25, -0.2) is 8.42 Å². The van der Waals surface area contributed by atoms with Gasteiger partial charge in [-0.2, -0.15) is 4.31 Å². The number of hydrogen-bond donors (Lipinski definition) is 1. The topological polar surface area (TPSA) is 92.5 Å². The number of aromatic nitrogens is 1. The van der Waals surface area contributed by atoms with Gasteiger partial charge in [0.1, 0.15) is 11.8 Å². The fraction of sp³-hybridized carbons (Fsp3) is 0.333. The largest absolute Gasteiger partial charge is 0.360 e. The van der Waals surface area contributed by atoms with E-state index in [1.165, 1.54) is 28.6 Å². The summed E-state index contributed by atoms with van der Waals surface area (Å²) in [6.07, 6.45) is 1.07. The normalized spacial score (nSPS) is 18.7. The average molecular weight is 370 g/mol. The van der Waals surface area contributed by atoms with Crippen molar-refractivity contribution in [3.8, 4) is 0 Å². The maximum Gasteiger partial charge on any atom is 0.244 e. The zero-order valence-corrected chi connectivity index (χ0v) is 14.5. The van der Waals surface area contributed by atoms with E-state index in [1.54, 1.807) is 13.0 Å². The van der Waals surface area contributed by atoms with Gasteiger partial charge in [0.2, 0.25) is 15.9 Å². The highest BCUT2D eigenvalue weighted by Gasteiger charge is 2.39. The van der Waals surface area contributed by atoms with Crippen LogP contribution < -0.4 is 5.32 Å². The lowest BCUT2D eigenvalue weighted by Crippen LogP contribution is -2.43. The van der Waals surface area contributed by atoms with E-state index in [4.69, 9.17) is 16.1 Å². The molecule has 1 aliphatic rings. The van der Waals surface area contributed by atoms with Crippen LogP contribution in [0.3, 0.4) is 0 Å². The molecule has 7 nitrogen and oxygen atoms in total. The number of aryl methyl sites for hydroxylation is 1. The van der Waals surface area contributed by atoms with Crippen molar-refractivity contribution in [1.82, 2.24) is 9.46 Å².